The number of amides is 1. The van der Waals surface area contributed by atoms with E-state index in [1.165, 1.54) is 12.1 Å². The number of likely N-dealkylation sites (tertiary alicyclic amines) is 1. The van der Waals surface area contributed by atoms with Gasteiger partial charge in [0.25, 0.3) is 5.91 Å². The van der Waals surface area contributed by atoms with Crippen LogP contribution in [0, 0.1) is 5.82 Å². The second-order valence-electron chi connectivity index (χ2n) is 5.63. The van der Waals surface area contributed by atoms with Crippen LogP contribution in [0.1, 0.15) is 43.5 Å². The third-order valence-corrected chi connectivity index (χ3v) is 4.65. The molecule has 2 unspecified atom stereocenters. The van der Waals surface area contributed by atoms with Gasteiger partial charge in [-0.1, -0.05) is 0 Å². The summed E-state index contributed by atoms with van der Waals surface area (Å²) < 4.78 is 18.7. The van der Waals surface area contributed by atoms with Crippen LogP contribution in [0.15, 0.2) is 22.7 Å². The number of nitrogens with zero attached hydrogens (tertiary/aromatic N) is 1. The van der Waals surface area contributed by atoms with Gasteiger partial charge in [-0.3, -0.25) is 4.79 Å². The Hall–Kier alpha value is -1.43. The van der Waals surface area contributed by atoms with E-state index >= 15 is 0 Å². The zero-order chi connectivity index (χ0) is 16.3. The van der Waals surface area contributed by atoms with Crippen molar-refractivity contribution in [1.29, 1.82) is 0 Å². The Bertz CT molecular complexity index is 569. The fourth-order valence-electron chi connectivity index (χ4n) is 2.85. The minimum Gasteiger partial charge on any atom is -0.452 e. The van der Waals surface area contributed by atoms with Crippen LogP contribution in [0.2, 0.25) is 0 Å². The van der Waals surface area contributed by atoms with Gasteiger partial charge in [-0.15, -0.1) is 0 Å². The van der Waals surface area contributed by atoms with Crippen molar-refractivity contribution >= 4 is 27.8 Å². The van der Waals surface area contributed by atoms with E-state index in [-0.39, 0.29) is 30.2 Å². The minimum absolute atomic E-state index is 0.0764. The summed E-state index contributed by atoms with van der Waals surface area (Å²) in [6.45, 7) is 3.67. The molecule has 0 spiro atoms. The van der Waals surface area contributed by atoms with Crippen molar-refractivity contribution in [3.05, 3.63) is 34.1 Å². The number of halogens is 2. The molecule has 22 heavy (non-hydrogen) atoms. The molecule has 2 rings (SSSR count). The Kier molecular flexibility index (Phi) is 5.56. The van der Waals surface area contributed by atoms with Crippen molar-refractivity contribution in [1.82, 2.24) is 4.90 Å². The van der Waals surface area contributed by atoms with Gasteiger partial charge in [0.15, 0.2) is 6.61 Å². The SMILES string of the molecule is CC1CCCC(C)N1C(=O)COC(=O)c1cc(F)ccc1Br. The van der Waals surface area contributed by atoms with Gasteiger partial charge in [0.05, 0.1) is 5.56 Å². The molecule has 1 aromatic carbocycles. The highest BCUT2D eigenvalue weighted by Gasteiger charge is 2.29. The fourth-order valence-corrected chi connectivity index (χ4v) is 3.25. The molecule has 1 heterocycles. The lowest BCUT2D eigenvalue weighted by Crippen LogP contribution is -2.49. The standard InChI is InChI=1S/C16H19BrFNO3/c1-10-4-3-5-11(2)19(10)15(20)9-22-16(21)13-8-12(18)6-7-14(13)17/h6-8,10-11H,3-5,9H2,1-2H3. The molecule has 4 nitrogen and oxygen atoms in total. The molecule has 0 radical (unpaired) electrons. The monoisotopic (exact) mass is 371 g/mol. The molecule has 1 aromatic rings. The van der Waals surface area contributed by atoms with Crippen molar-refractivity contribution < 1.29 is 18.7 Å². The summed E-state index contributed by atoms with van der Waals surface area (Å²) in [5.41, 5.74) is 0.0764. The summed E-state index contributed by atoms with van der Waals surface area (Å²) >= 11 is 3.17. The summed E-state index contributed by atoms with van der Waals surface area (Å²) in [4.78, 5) is 26.0. The van der Waals surface area contributed by atoms with Gasteiger partial charge in [-0.05, 0) is 67.2 Å². The second-order valence-corrected chi connectivity index (χ2v) is 6.48. The lowest BCUT2D eigenvalue weighted by molar-refractivity contribution is -0.140. The number of esters is 1. The second kappa shape index (κ2) is 7.22. The highest BCUT2D eigenvalue weighted by atomic mass is 79.9. The largest absolute Gasteiger partial charge is 0.452 e. The average molecular weight is 372 g/mol. The van der Waals surface area contributed by atoms with E-state index < -0.39 is 11.8 Å². The maximum atomic E-state index is 13.2. The van der Waals surface area contributed by atoms with Crippen molar-refractivity contribution in [3.8, 4) is 0 Å². The molecule has 1 amide bonds. The van der Waals surface area contributed by atoms with E-state index in [0.29, 0.717) is 4.47 Å². The van der Waals surface area contributed by atoms with E-state index in [0.717, 1.165) is 25.3 Å². The smallest absolute Gasteiger partial charge is 0.339 e. The molecule has 1 aliphatic rings. The molecule has 0 bridgehead atoms. The van der Waals surface area contributed by atoms with Crippen LogP contribution in [0.4, 0.5) is 4.39 Å². The number of ether oxygens (including phenoxy) is 1. The minimum atomic E-state index is -0.711. The first-order valence-corrected chi connectivity index (χ1v) is 8.12. The van der Waals surface area contributed by atoms with E-state index in [9.17, 15) is 14.0 Å². The van der Waals surface area contributed by atoms with E-state index in [1.807, 2.05) is 13.8 Å². The molecule has 6 heteroatoms. The molecule has 0 aromatic heterocycles. The zero-order valence-corrected chi connectivity index (χ0v) is 14.2. The molecular weight excluding hydrogens is 353 g/mol. The Morgan fingerprint density at radius 2 is 1.95 bits per heavy atom. The number of hydrogen-bond acceptors (Lipinski definition) is 3. The number of carbonyl (C=O) groups is 2. The number of rotatable bonds is 3. The van der Waals surface area contributed by atoms with Crippen LogP contribution in [-0.2, 0) is 9.53 Å². The Morgan fingerprint density at radius 1 is 1.32 bits per heavy atom. The third-order valence-electron chi connectivity index (χ3n) is 3.96. The van der Waals surface area contributed by atoms with Gasteiger partial charge in [-0.25, -0.2) is 9.18 Å². The first-order valence-electron chi connectivity index (χ1n) is 7.33. The summed E-state index contributed by atoms with van der Waals surface area (Å²) in [5.74, 6) is -1.45. The van der Waals surface area contributed by atoms with Gasteiger partial charge >= 0.3 is 5.97 Å². The van der Waals surface area contributed by atoms with Crippen LogP contribution in [0.5, 0.6) is 0 Å². The lowest BCUT2D eigenvalue weighted by Gasteiger charge is -2.38. The average Bonchev–Trinajstić information content (AvgIpc) is 2.47. The zero-order valence-electron chi connectivity index (χ0n) is 12.6. The molecule has 1 saturated heterocycles. The predicted molar refractivity (Wildman–Crippen MR) is 84.0 cm³/mol. The topological polar surface area (TPSA) is 46.6 Å². The van der Waals surface area contributed by atoms with E-state index in [2.05, 4.69) is 15.9 Å². The highest BCUT2D eigenvalue weighted by Crippen LogP contribution is 2.23. The lowest BCUT2D eigenvalue weighted by atomic mass is 9.97. The molecule has 2 atom stereocenters. The number of hydrogen-bond donors (Lipinski definition) is 0. The Morgan fingerprint density at radius 3 is 2.59 bits per heavy atom. The molecule has 0 saturated carbocycles. The highest BCUT2D eigenvalue weighted by molar-refractivity contribution is 9.10. The maximum Gasteiger partial charge on any atom is 0.339 e. The van der Waals surface area contributed by atoms with Crippen LogP contribution >= 0.6 is 15.9 Å². The molecule has 1 aliphatic heterocycles. The van der Waals surface area contributed by atoms with Crippen molar-refractivity contribution in [3.63, 3.8) is 0 Å². The Labute approximate surface area is 137 Å². The van der Waals surface area contributed by atoms with E-state index in [4.69, 9.17) is 4.74 Å². The first-order chi connectivity index (χ1) is 10.4. The van der Waals surface area contributed by atoms with Gasteiger partial charge < -0.3 is 9.64 Å². The van der Waals surface area contributed by atoms with Crippen LogP contribution in [-0.4, -0.2) is 35.5 Å². The van der Waals surface area contributed by atoms with Gasteiger partial charge in [0, 0.05) is 16.6 Å². The Balaban J connectivity index is 1.98. The van der Waals surface area contributed by atoms with Gasteiger partial charge in [-0.2, -0.15) is 0 Å². The van der Waals surface area contributed by atoms with Crippen molar-refractivity contribution in [2.24, 2.45) is 0 Å². The summed E-state index contributed by atoms with van der Waals surface area (Å²) in [6.07, 6.45) is 3.01. The quantitative estimate of drug-likeness (QED) is 0.763. The number of carbonyl (C=O) groups excluding carboxylic acids is 2. The predicted octanol–water partition coefficient (Wildman–Crippen LogP) is 3.53. The molecule has 0 N–H and O–H groups in total. The molecule has 0 aliphatic carbocycles. The van der Waals surface area contributed by atoms with E-state index in [1.54, 1.807) is 4.90 Å². The van der Waals surface area contributed by atoms with Gasteiger partial charge in [0.2, 0.25) is 0 Å². The molecule has 1 fully saturated rings. The van der Waals surface area contributed by atoms with Crippen LogP contribution < -0.4 is 0 Å². The summed E-state index contributed by atoms with van der Waals surface area (Å²) in [7, 11) is 0. The first kappa shape index (κ1) is 16.9. The van der Waals surface area contributed by atoms with Crippen LogP contribution in [0.25, 0.3) is 0 Å². The summed E-state index contributed by atoms with van der Waals surface area (Å²) in [5, 5.41) is 0. The fraction of sp³-hybridized carbons (Fsp3) is 0.500. The number of benzene rings is 1. The van der Waals surface area contributed by atoms with Crippen LogP contribution in [0.3, 0.4) is 0 Å². The maximum absolute atomic E-state index is 13.2. The van der Waals surface area contributed by atoms with Gasteiger partial charge in [0.1, 0.15) is 5.82 Å². The molecular formula is C16H19BrFNO3. The molecule has 120 valence electrons. The third kappa shape index (κ3) is 3.85. The summed E-state index contributed by atoms with van der Waals surface area (Å²) in [6, 6.07) is 4.06. The normalized spacial score (nSPS) is 21.5. The van der Waals surface area contributed by atoms with Crippen molar-refractivity contribution in [2.45, 2.75) is 45.2 Å². The van der Waals surface area contributed by atoms with Crippen molar-refractivity contribution in [2.75, 3.05) is 6.61 Å². The number of piperidine rings is 1.